The molecule has 0 rings (SSSR count). The fourth-order valence-electron chi connectivity index (χ4n) is 0.0285. The highest BCUT2D eigenvalue weighted by atomic mass is 31.1. The summed E-state index contributed by atoms with van der Waals surface area (Å²) in [4.78, 5) is 7.55. The first-order valence-electron chi connectivity index (χ1n) is 0.914. The topological polar surface area (TPSA) is 76.0 Å². The van der Waals surface area contributed by atoms with Crippen molar-refractivity contribution >= 4 is 8.25 Å². The Morgan fingerprint density at radius 2 is 2.17 bits per heavy atom. The lowest BCUT2D eigenvalue weighted by Gasteiger charge is -1.80. The SMILES string of the molecule is O=[P](O)OOO. The lowest BCUT2D eigenvalue weighted by molar-refractivity contribution is -0.440. The Morgan fingerprint density at radius 1 is 1.67 bits per heavy atom. The van der Waals surface area contributed by atoms with Gasteiger partial charge in [0.25, 0.3) is 0 Å². The molecule has 0 spiro atoms. The van der Waals surface area contributed by atoms with Crippen LogP contribution in [0.3, 0.4) is 0 Å². The van der Waals surface area contributed by atoms with Crippen LogP contribution in [0.5, 0.6) is 0 Å². The third kappa shape index (κ3) is 3.94. The Balaban J connectivity index is 2.83. The van der Waals surface area contributed by atoms with Crippen LogP contribution in [0.2, 0.25) is 0 Å². The summed E-state index contributed by atoms with van der Waals surface area (Å²) in [5.41, 5.74) is 0. The summed E-state index contributed by atoms with van der Waals surface area (Å²) in [5, 5.41) is 9.94. The molecule has 6 heteroatoms. The van der Waals surface area contributed by atoms with E-state index in [9.17, 15) is 4.57 Å². The van der Waals surface area contributed by atoms with E-state index in [4.69, 9.17) is 10.2 Å². The van der Waals surface area contributed by atoms with Gasteiger partial charge in [0.2, 0.25) is 0 Å². The molecule has 0 aliphatic rings. The van der Waals surface area contributed by atoms with E-state index in [1.807, 2.05) is 0 Å². The van der Waals surface area contributed by atoms with Crippen molar-refractivity contribution in [3.05, 3.63) is 0 Å². The van der Waals surface area contributed by atoms with Crippen molar-refractivity contribution in [1.29, 1.82) is 0 Å². The van der Waals surface area contributed by atoms with E-state index in [0.717, 1.165) is 0 Å². The maximum Gasteiger partial charge on any atom is 0.397 e. The standard InChI is InChI=1S/H2O5P/c1-4-5-6(2)3/h1H,(H,2,3). The number of hydrogen-bond acceptors (Lipinski definition) is 4. The summed E-state index contributed by atoms with van der Waals surface area (Å²) in [7, 11) is -2.82. The molecule has 0 saturated carbocycles. The molecule has 6 heavy (non-hydrogen) atoms. The molecule has 0 bridgehead atoms. The molecule has 0 amide bonds. The summed E-state index contributed by atoms with van der Waals surface area (Å²) in [6, 6.07) is 0. The first-order valence-corrected chi connectivity index (χ1v) is 2.04. The van der Waals surface area contributed by atoms with E-state index < -0.39 is 8.25 Å². The molecular formula is H2O5P. The molecule has 0 aliphatic heterocycles. The van der Waals surface area contributed by atoms with Crippen LogP contribution >= 0.6 is 8.25 Å². The monoisotopic (exact) mass is 113 g/mol. The third-order valence-electron chi connectivity index (χ3n) is 0.0971. The first-order chi connectivity index (χ1) is 2.77. The molecule has 37 valence electrons. The minimum Gasteiger partial charge on any atom is -0.297 e. The van der Waals surface area contributed by atoms with Gasteiger partial charge in [0, 0.05) is 0 Å². The molecule has 5 nitrogen and oxygen atoms in total. The van der Waals surface area contributed by atoms with Crippen LogP contribution in [0.4, 0.5) is 0 Å². The second-order valence-electron chi connectivity index (χ2n) is 0.387. The largest absolute Gasteiger partial charge is 0.397 e. The van der Waals surface area contributed by atoms with E-state index in [1.165, 1.54) is 0 Å². The smallest absolute Gasteiger partial charge is 0.297 e. The highest BCUT2D eigenvalue weighted by Gasteiger charge is 1.88. The van der Waals surface area contributed by atoms with E-state index in [0.29, 0.717) is 0 Å². The zero-order chi connectivity index (χ0) is 4.99. The van der Waals surface area contributed by atoms with Gasteiger partial charge in [-0.25, -0.2) is 9.82 Å². The third-order valence-corrected chi connectivity index (χ3v) is 0.291. The lowest BCUT2D eigenvalue weighted by Crippen LogP contribution is -1.73. The van der Waals surface area contributed by atoms with E-state index in [-0.39, 0.29) is 0 Å². The van der Waals surface area contributed by atoms with Crippen LogP contribution in [0.15, 0.2) is 0 Å². The Bertz CT molecular complexity index is 47.9. The molecule has 2 N–H and O–H groups in total. The normalized spacial score (nSPS) is 11.3. The zero-order valence-electron chi connectivity index (χ0n) is 2.57. The van der Waals surface area contributed by atoms with Crippen molar-refractivity contribution in [2.24, 2.45) is 0 Å². The molecule has 0 aromatic rings. The van der Waals surface area contributed by atoms with Gasteiger partial charge >= 0.3 is 8.25 Å². The highest BCUT2D eigenvalue weighted by molar-refractivity contribution is 7.31. The zero-order valence-corrected chi connectivity index (χ0v) is 3.46. The Kier molecular flexibility index (Phi) is 3.11. The average Bonchev–Trinajstić information content (AvgIpc) is 1.35. The second kappa shape index (κ2) is 3.14. The van der Waals surface area contributed by atoms with E-state index in [1.54, 1.807) is 0 Å². The predicted octanol–water partition coefficient (Wildman–Crippen LogP) is 0.0573. The van der Waals surface area contributed by atoms with Crippen LogP contribution in [0, 0.1) is 0 Å². The van der Waals surface area contributed by atoms with Crippen LogP contribution in [0.25, 0.3) is 0 Å². The summed E-state index contributed by atoms with van der Waals surface area (Å²) < 4.78 is 12.4. The highest BCUT2D eigenvalue weighted by Crippen LogP contribution is 2.12. The van der Waals surface area contributed by atoms with Gasteiger partial charge in [-0.15, -0.1) is 0 Å². The van der Waals surface area contributed by atoms with Gasteiger partial charge in [-0.05, 0) is 0 Å². The van der Waals surface area contributed by atoms with Crippen LogP contribution < -0.4 is 0 Å². The van der Waals surface area contributed by atoms with Crippen LogP contribution in [-0.4, -0.2) is 10.2 Å². The second-order valence-corrected chi connectivity index (χ2v) is 1.01. The van der Waals surface area contributed by atoms with Crippen molar-refractivity contribution in [1.82, 2.24) is 0 Å². The molecule has 0 aromatic heterocycles. The summed E-state index contributed by atoms with van der Waals surface area (Å²) in [6.07, 6.45) is 0. The average molecular weight is 113 g/mol. The van der Waals surface area contributed by atoms with Crippen LogP contribution in [0.1, 0.15) is 0 Å². The summed E-state index contributed by atoms with van der Waals surface area (Å²) >= 11 is 0. The minimum absolute atomic E-state index is 2.77. The maximum atomic E-state index is 9.24. The molecule has 0 aliphatic carbocycles. The number of rotatable bonds is 2. The van der Waals surface area contributed by atoms with Crippen molar-refractivity contribution in [2.75, 3.05) is 0 Å². The number of hydrogen-bond donors (Lipinski definition) is 2. The van der Waals surface area contributed by atoms with Crippen LogP contribution in [-0.2, 0) is 14.3 Å². The predicted molar refractivity (Wildman–Crippen MR) is 14.6 cm³/mol. The van der Waals surface area contributed by atoms with Crippen molar-refractivity contribution in [3.8, 4) is 0 Å². The van der Waals surface area contributed by atoms with E-state index >= 15 is 0 Å². The molecule has 0 aromatic carbocycles. The first kappa shape index (κ1) is 5.94. The maximum absolute atomic E-state index is 9.24. The Hall–Kier alpha value is -0.0600. The van der Waals surface area contributed by atoms with Gasteiger partial charge < -0.3 is 0 Å². The Labute approximate surface area is 33.9 Å². The summed E-state index contributed by atoms with van der Waals surface area (Å²) in [5.74, 6) is 0. The van der Waals surface area contributed by atoms with Gasteiger partial charge in [0.1, 0.15) is 0 Å². The van der Waals surface area contributed by atoms with Crippen molar-refractivity contribution in [3.63, 3.8) is 0 Å². The molecule has 0 fully saturated rings. The minimum atomic E-state index is -2.82. The molecule has 0 saturated heterocycles. The van der Waals surface area contributed by atoms with Gasteiger partial charge in [0.15, 0.2) is 0 Å². The fraction of sp³-hybridized carbons (Fsp3) is 0. The van der Waals surface area contributed by atoms with Crippen molar-refractivity contribution in [2.45, 2.75) is 0 Å². The van der Waals surface area contributed by atoms with Gasteiger partial charge in [-0.2, -0.15) is 0 Å². The molecule has 1 radical (unpaired) electrons. The van der Waals surface area contributed by atoms with Crippen molar-refractivity contribution < 1.29 is 24.4 Å². The molecule has 0 heterocycles. The summed E-state index contributed by atoms with van der Waals surface area (Å²) in [6.45, 7) is 0. The fourth-order valence-corrected chi connectivity index (χ4v) is 0.0855. The lowest BCUT2D eigenvalue weighted by atomic mass is 14.6. The molecule has 1 unspecified atom stereocenters. The molecular weight excluding hydrogens is 111 g/mol. The van der Waals surface area contributed by atoms with Gasteiger partial charge in [0.05, 0.1) is 0 Å². The van der Waals surface area contributed by atoms with Gasteiger partial charge in [-0.3, -0.25) is 4.89 Å². The van der Waals surface area contributed by atoms with E-state index in [2.05, 4.69) is 9.71 Å². The Morgan fingerprint density at radius 3 is 2.17 bits per heavy atom. The molecule has 1 atom stereocenters. The van der Waals surface area contributed by atoms with Gasteiger partial charge in [-0.1, -0.05) is 9.71 Å². The quantitative estimate of drug-likeness (QED) is 0.300.